The second-order valence-electron chi connectivity index (χ2n) is 6.98. The zero-order valence-corrected chi connectivity index (χ0v) is 18.7. The maximum absolute atomic E-state index is 13.7. The molecular weight excluding hydrogens is 449 g/mol. The highest BCUT2D eigenvalue weighted by molar-refractivity contribution is 7.99. The summed E-state index contributed by atoms with van der Waals surface area (Å²) in [4.78, 5) is 4.37. The molecular formula is C25H21F3N2O2S. The maximum atomic E-state index is 13.7. The van der Waals surface area contributed by atoms with E-state index < -0.39 is 17.3 Å². The Labute approximate surface area is 194 Å². The van der Waals surface area contributed by atoms with E-state index in [0.29, 0.717) is 29.4 Å². The SMILES string of the molecule is C=CCOc1ccc(-c2cc(C(F)(F)F)c(C#N)c(SCCOc3cccc(C)c3)n2)cc1. The third-order valence-electron chi connectivity index (χ3n) is 4.50. The normalized spacial score (nSPS) is 11.0. The molecule has 8 heteroatoms. The van der Waals surface area contributed by atoms with Crippen molar-refractivity contribution < 1.29 is 22.6 Å². The summed E-state index contributed by atoms with van der Waals surface area (Å²) in [5.41, 5.74) is 0.145. The zero-order chi connectivity index (χ0) is 23.8. The summed E-state index contributed by atoms with van der Waals surface area (Å²) < 4.78 is 52.2. The molecule has 0 aliphatic rings. The molecule has 0 bridgehead atoms. The van der Waals surface area contributed by atoms with Crippen molar-refractivity contribution in [2.24, 2.45) is 0 Å². The highest BCUT2D eigenvalue weighted by Crippen LogP contribution is 2.38. The van der Waals surface area contributed by atoms with Gasteiger partial charge in [0.25, 0.3) is 0 Å². The number of nitriles is 1. The van der Waals surface area contributed by atoms with Crippen LogP contribution in [0.3, 0.4) is 0 Å². The topological polar surface area (TPSA) is 55.1 Å². The van der Waals surface area contributed by atoms with E-state index in [-0.39, 0.29) is 17.3 Å². The molecule has 0 saturated carbocycles. The van der Waals surface area contributed by atoms with Gasteiger partial charge in [0.1, 0.15) is 29.2 Å². The number of rotatable bonds is 9. The lowest BCUT2D eigenvalue weighted by molar-refractivity contribution is -0.138. The molecule has 0 fully saturated rings. The third-order valence-corrected chi connectivity index (χ3v) is 5.44. The van der Waals surface area contributed by atoms with Crippen LogP contribution in [0.25, 0.3) is 11.3 Å². The van der Waals surface area contributed by atoms with E-state index in [2.05, 4.69) is 11.6 Å². The van der Waals surface area contributed by atoms with Gasteiger partial charge < -0.3 is 9.47 Å². The molecule has 170 valence electrons. The molecule has 0 aliphatic carbocycles. The van der Waals surface area contributed by atoms with Crippen molar-refractivity contribution in [2.45, 2.75) is 18.1 Å². The van der Waals surface area contributed by atoms with E-state index in [4.69, 9.17) is 9.47 Å². The maximum Gasteiger partial charge on any atom is 0.417 e. The van der Waals surface area contributed by atoms with E-state index in [1.165, 1.54) is 0 Å². The molecule has 0 saturated heterocycles. The molecule has 0 atom stereocenters. The van der Waals surface area contributed by atoms with Gasteiger partial charge in [0, 0.05) is 11.3 Å². The minimum Gasteiger partial charge on any atom is -0.493 e. The van der Waals surface area contributed by atoms with Gasteiger partial charge in [0.05, 0.1) is 23.4 Å². The first-order valence-electron chi connectivity index (χ1n) is 10.0. The largest absolute Gasteiger partial charge is 0.493 e. The number of halogens is 3. The van der Waals surface area contributed by atoms with Gasteiger partial charge in [-0.3, -0.25) is 0 Å². The van der Waals surface area contributed by atoms with Crippen LogP contribution in [0.1, 0.15) is 16.7 Å². The van der Waals surface area contributed by atoms with Crippen LogP contribution in [0.4, 0.5) is 13.2 Å². The summed E-state index contributed by atoms with van der Waals surface area (Å²) >= 11 is 1.05. The number of aromatic nitrogens is 1. The van der Waals surface area contributed by atoms with Gasteiger partial charge in [-0.1, -0.05) is 24.8 Å². The van der Waals surface area contributed by atoms with Crippen molar-refractivity contribution in [3.05, 3.63) is 83.9 Å². The minimum atomic E-state index is -4.69. The first kappa shape index (κ1) is 24.2. The molecule has 2 aromatic carbocycles. The van der Waals surface area contributed by atoms with Crippen LogP contribution in [0, 0.1) is 18.3 Å². The number of aryl methyl sites for hydroxylation is 1. The smallest absolute Gasteiger partial charge is 0.417 e. The van der Waals surface area contributed by atoms with Gasteiger partial charge in [-0.15, -0.1) is 11.8 Å². The molecule has 0 N–H and O–H groups in total. The third kappa shape index (κ3) is 6.53. The Hall–Kier alpha value is -3.44. The van der Waals surface area contributed by atoms with Crippen LogP contribution in [0.2, 0.25) is 0 Å². The summed E-state index contributed by atoms with van der Waals surface area (Å²) in [7, 11) is 0. The molecule has 1 aromatic heterocycles. The number of benzene rings is 2. The number of ether oxygens (including phenoxy) is 2. The average molecular weight is 471 g/mol. The van der Waals surface area contributed by atoms with Gasteiger partial charge in [-0.25, -0.2) is 4.98 Å². The highest BCUT2D eigenvalue weighted by Gasteiger charge is 2.36. The summed E-state index contributed by atoms with van der Waals surface area (Å²) in [6.45, 7) is 6.08. The lowest BCUT2D eigenvalue weighted by Gasteiger charge is -2.15. The van der Waals surface area contributed by atoms with Gasteiger partial charge >= 0.3 is 6.18 Å². The Morgan fingerprint density at radius 3 is 2.48 bits per heavy atom. The molecule has 0 spiro atoms. The molecule has 3 aromatic rings. The van der Waals surface area contributed by atoms with Crippen LogP contribution in [-0.2, 0) is 6.18 Å². The van der Waals surface area contributed by atoms with Crippen LogP contribution in [-0.4, -0.2) is 24.0 Å². The minimum absolute atomic E-state index is 0.0159. The summed E-state index contributed by atoms with van der Waals surface area (Å²) in [5.74, 6) is 1.56. The molecule has 0 aliphatic heterocycles. The second kappa shape index (κ2) is 10.9. The first-order valence-corrected chi connectivity index (χ1v) is 11.0. The Morgan fingerprint density at radius 2 is 1.85 bits per heavy atom. The van der Waals surface area contributed by atoms with E-state index >= 15 is 0 Å². The van der Waals surface area contributed by atoms with Crippen LogP contribution in [0.15, 0.2) is 72.3 Å². The molecule has 33 heavy (non-hydrogen) atoms. The molecule has 4 nitrogen and oxygen atoms in total. The number of alkyl halides is 3. The van der Waals surface area contributed by atoms with E-state index in [9.17, 15) is 18.4 Å². The quantitative estimate of drug-likeness (QED) is 0.198. The van der Waals surface area contributed by atoms with Crippen LogP contribution >= 0.6 is 11.8 Å². The number of hydrogen-bond acceptors (Lipinski definition) is 5. The Morgan fingerprint density at radius 1 is 1.09 bits per heavy atom. The number of hydrogen-bond donors (Lipinski definition) is 0. The van der Waals surface area contributed by atoms with E-state index in [0.717, 1.165) is 23.4 Å². The predicted molar refractivity (Wildman–Crippen MR) is 122 cm³/mol. The molecule has 0 unspecified atom stereocenters. The van der Waals surface area contributed by atoms with Crippen molar-refractivity contribution in [1.82, 2.24) is 4.98 Å². The fraction of sp³-hybridized carbons (Fsp3) is 0.200. The first-order chi connectivity index (χ1) is 15.8. The lowest BCUT2D eigenvalue weighted by atomic mass is 10.1. The summed E-state index contributed by atoms with van der Waals surface area (Å²) in [6.07, 6.45) is -3.10. The lowest BCUT2D eigenvalue weighted by Crippen LogP contribution is -2.11. The second-order valence-corrected chi connectivity index (χ2v) is 8.07. The molecule has 0 amide bonds. The fourth-order valence-corrected chi connectivity index (χ4v) is 3.81. The average Bonchev–Trinajstić information content (AvgIpc) is 2.79. The highest BCUT2D eigenvalue weighted by atomic mass is 32.2. The zero-order valence-electron chi connectivity index (χ0n) is 17.9. The Bertz CT molecular complexity index is 1160. The van der Waals surface area contributed by atoms with Crippen molar-refractivity contribution in [2.75, 3.05) is 19.0 Å². The van der Waals surface area contributed by atoms with Crippen molar-refractivity contribution in [3.63, 3.8) is 0 Å². The standard InChI is InChI=1S/C25H21F3N2O2S/c1-3-11-31-19-9-7-18(8-10-19)23-15-22(25(26,27)28)21(16-29)24(30-23)33-13-12-32-20-6-4-5-17(2)14-20/h3-10,14-15H,1,11-13H2,2H3. The molecule has 1 heterocycles. The van der Waals surface area contributed by atoms with Gasteiger partial charge in [0.2, 0.25) is 0 Å². The van der Waals surface area contributed by atoms with E-state index in [1.54, 1.807) is 42.5 Å². The van der Waals surface area contributed by atoms with Crippen molar-refractivity contribution in [1.29, 1.82) is 5.26 Å². The van der Waals surface area contributed by atoms with Crippen LogP contribution < -0.4 is 9.47 Å². The Balaban J connectivity index is 1.85. The fourth-order valence-electron chi connectivity index (χ4n) is 2.99. The Kier molecular flexibility index (Phi) is 8.01. The van der Waals surface area contributed by atoms with Crippen LogP contribution in [0.5, 0.6) is 11.5 Å². The van der Waals surface area contributed by atoms with Gasteiger partial charge in [0.15, 0.2) is 0 Å². The molecule has 0 radical (unpaired) electrons. The molecule has 3 rings (SSSR count). The number of pyridine rings is 1. The van der Waals surface area contributed by atoms with Crippen molar-refractivity contribution >= 4 is 11.8 Å². The summed E-state index contributed by atoms with van der Waals surface area (Å²) in [5, 5.41) is 9.46. The predicted octanol–water partition coefficient (Wildman–Crippen LogP) is 6.68. The van der Waals surface area contributed by atoms with Crippen molar-refractivity contribution in [3.8, 4) is 28.8 Å². The monoisotopic (exact) mass is 470 g/mol. The number of thioether (sulfide) groups is 1. The summed E-state index contributed by atoms with van der Waals surface area (Å²) in [6, 6.07) is 16.6. The van der Waals surface area contributed by atoms with E-state index in [1.807, 2.05) is 25.1 Å². The number of nitrogens with zero attached hydrogens (tertiary/aromatic N) is 2. The van der Waals surface area contributed by atoms with Gasteiger partial charge in [-0.05, 0) is 55.0 Å². The van der Waals surface area contributed by atoms with Gasteiger partial charge in [-0.2, -0.15) is 18.4 Å².